The molecule has 1 saturated heterocycles. The number of aliphatic hydroxyl groups is 2. The van der Waals surface area contributed by atoms with Crippen molar-refractivity contribution in [3.63, 3.8) is 0 Å². The largest absolute Gasteiger partial charge is 0.497 e. The molecule has 0 amide bonds. The number of rotatable bonds is 5. The van der Waals surface area contributed by atoms with Crippen molar-refractivity contribution in [2.24, 2.45) is 5.92 Å². The summed E-state index contributed by atoms with van der Waals surface area (Å²) in [5.74, 6) is 0.794. The molecular weight excluding hydrogens is 342 g/mol. The van der Waals surface area contributed by atoms with Crippen LogP contribution in [0.5, 0.6) is 5.75 Å². The molecular formula is C21H25N3O3. The van der Waals surface area contributed by atoms with Crippen molar-refractivity contribution in [3.05, 3.63) is 54.4 Å². The van der Waals surface area contributed by atoms with Gasteiger partial charge in [0.1, 0.15) is 11.4 Å². The Hall–Kier alpha value is -2.41. The highest BCUT2D eigenvalue weighted by atomic mass is 16.5. The van der Waals surface area contributed by atoms with Gasteiger partial charge in [0.05, 0.1) is 24.6 Å². The van der Waals surface area contributed by atoms with Gasteiger partial charge >= 0.3 is 0 Å². The zero-order valence-electron chi connectivity index (χ0n) is 15.5. The van der Waals surface area contributed by atoms with Gasteiger partial charge in [0.15, 0.2) is 0 Å². The molecule has 1 aromatic carbocycles. The predicted octanol–water partition coefficient (Wildman–Crippen LogP) is 2.18. The molecule has 0 unspecified atom stereocenters. The number of hydrogen-bond acceptors (Lipinski definition) is 5. The Balaban J connectivity index is 1.68. The zero-order chi connectivity index (χ0) is 18.8. The molecule has 3 aromatic rings. The first-order valence-electron chi connectivity index (χ1n) is 9.31. The average molecular weight is 367 g/mol. The Morgan fingerprint density at radius 1 is 1.19 bits per heavy atom. The summed E-state index contributed by atoms with van der Waals surface area (Å²) in [4.78, 5) is 7.08. The number of benzene rings is 1. The number of pyridine rings is 1. The van der Waals surface area contributed by atoms with Gasteiger partial charge in [0.25, 0.3) is 0 Å². The van der Waals surface area contributed by atoms with E-state index in [1.165, 1.54) is 0 Å². The van der Waals surface area contributed by atoms with Crippen LogP contribution >= 0.6 is 0 Å². The van der Waals surface area contributed by atoms with Crippen LogP contribution in [0, 0.1) is 5.92 Å². The molecule has 3 heterocycles. The maximum absolute atomic E-state index is 10.3. The van der Waals surface area contributed by atoms with Crippen molar-refractivity contribution in [2.75, 3.05) is 26.8 Å². The summed E-state index contributed by atoms with van der Waals surface area (Å²) in [7, 11) is 1.66. The zero-order valence-corrected chi connectivity index (χ0v) is 15.5. The number of methoxy groups -OCH3 is 1. The number of aliphatic hydroxyl groups excluding tert-OH is 2. The van der Waals surface area contributed by atoms with Gasteiger partial charge in [-0.3, -0.25) is 4.90 Å². The summed E-state index contributed by atoms with van der Waals surface area (Å²) < 4.78 is 7.38. The van der Waals surface area contributed by atoms with Crippen molar-refractivity contribution in [1.82, 2.24) is 14.3 Å². The van der Waals surface area contributed by atoms with E-state index in [1.807, 2.05) is 48.7 Å². The minimum Gasteiger partial charge on any atom is -0.497 e. The molecule has 0 radical (unpaired) electrons. The van der Waals surface area contributed by atoms with Gasteiger partial charge in [-0.1, -0.05) is 6.07 Å². The Bertz CT molecular complexity index is 907. The van der Waals surface area contributed by atoms with Gasteiger partial charge in [0, 0.05) is 37.4 Å². The minimum atomic E-state index is -0.493. The van der Waals surface area contributed by atoms with Crippen LogP contribution in [0.2, 0.25) is 0 Å². The summed E-state index contributed by atoms with van der Waals surface area (Å²) in [5.41, 5.74) is 4.00. The van der Waals surface area contributed by atoms with Crippen molar-refractivity contribution in [3.8, 4) is 17.0 Å². The summed E-state index contributed by atoms with van der Waals surface area (Å²) in [6.45, 7) is 2.15. The predicted molar refractivity (Wildman–Crippen MR) is 104 cm³/mol. The Morgan fingerprint density at radius 2 is 2.00 bits per heavy atom. The lowest BCUT2D eigenvalue weighted by atomic mass is 9.94. The fourth-order valence-corrected chi connectivity index (χ4v) is 3.79. The molecule has 1 aliphatic rings. The molecule has 0 bridgehead atoms. The minimum absolute atomic E-state index is 0.0236. The highest BCUT2D eigenvalue weighted by molar-refractivity contribution is 5.67. The van der Waals surface area contributed by atoms with E-state index in [9.17, 15) is 10.2 Å². The summed E-state index contributed by atoms with van der Waals surface area (Å²) in [5, 5.41) is 19.7. The highest BCUT2D eigenvalue weighted by Crippen LogP contribution is 2.28. The molecule has 2 atom stereocenters. The SMILES string of the molecule is COc1ccc(-c2nc3ccccn3c2CN2CC[C@H](CO)[C@H](O)C2)cc1. The molecule has 4 rings (SSSR count). The van der Waals surface area contributed by atoms with Crippen LogP contribution in [-0.2, 0) is 6.54 Å². The van der Waals surface area contributed by atoms with Crippen LogP contribution in [0.25, 0.3) is 16.9 Å². The number of nitrogens with zero attached hydrogens (tertiary/aromatic N) is 3. The lowest BCUT2D eigenvalue weighted by Gasteiger charge is -2.35. The molecule has 142 valence electrons. The second-order valence-corrected chi connectivity index (χ2v) is 7.10. The van der Waals surface area contributed by atoms with Gasteiger partial charge in [0.2, 0.25) is 0 Å². The van der Waals surface area contributed by atoms with Crippen LogP contribution in [-0.4, -0.2) is 57.4 Å². The van der Waals surface area contributed by atoms with Crippen LogP contribution < -0.4 is 4.74 Å². The first-order valence-corrected chi connectivity index (χ1v) is 9.31. The smallest absolute Gasteiger partial charge is 0.137 e. The van der Waals surface area contributed by atoms with Crippen molar-refractivity contribution in [1.29, 1.82) is 0 Å². The van der Waals surface area contributed by atoms with E-state index in [2.05, 4.69) is 9.30 Å². The van der Waals surface area contributed by atoms with E-state index >= 15 is 0 Å². The molecule has 2 N–H and O–H groups in total. The topological polar surface area (TPSA) is 70.2 Å². The molecule has 6 nitrogen and oxygen atoms in total. The summed E-state index contributed by atoms with van der Waals surface area (Å²) in [6, 6.07) is 13.9. The van der Waals surface area contributed by atoms with Crippen molar-refractivity contribution in [2.45, 2.75) is 19.1 Å². The Morgan fingerprint density at radius 3 is 2.70 bits per heavy atom. The monoisotopic (exact) mass is 367 g/mol. The molecule has 0 spiro atoms. The second-order valence-electron chi connectivity index (χ2n) is 7.10. The quantitative estimate of drug-likeness (QED) is 0.723. The molecule has 0 aliphatic carbocycles. The fraction of sp³-hybridized carbons (Fsp3) is 0.381. The third-order valence-electron chi connectivity index (χ3n) is 5.41. The molecule has 1 aliphatic heterocycles. The van der Waals surface area contributed by atoms with E-state index in [0.717, 1.165) is 41.3 Å². The average Bonchev–Trinajstić information content (AvgIpc) is 3.07. The molecule has 27 heavy (non-hydrogen) atoms. The van der Waals surface area contributed by atoms with E-state index in [4.69, 9.17) is 9.72 Å². The Kier molecular flexibility index (Phi) is 5.11. The number of imidazole rings is 1. The maximum atomic E-state index is 10.3. The van der Waals surface area contributed by atoms with Gasteiger partial charge in [-0.15, -0.1) is 0 Å². The number of piperidine rings is 1. The second kappa shape index (κ2) is 7.68. The number of fused-ring (bicyclic) bond motifs is 1. The maximum Gasteiger partial charge on any atom is 0.137 e. The van der Waals surface area contributed by atoms with Gasteiger partial charge in [-0.25, -0.2) is 4.98 Å². The van der Waals surface area contributed by atoms with E-state index < -0.39 is 6.10 Å². The van der Waals surface area contributed by atoms with Crippen LogP contribution in [0.4, 0.5) is 0 Å². The fourth-order valence-electron chi connectivity index (χ4n) is 3.79. The summed E-state index contributed by atoms with van der Waals surface area (Å²) >= 11 is 0. The van der Waals surface area contributed by atoms with E-state index in [1.54, 1.807) is 7.11 Å². The van der Waals surface area contributed by atoms with Crippen LogP contribution in [0.3, 0.4) is 0 Å². The summed E-state index contributed by atoms with van der Waals surface area (Å²) in [6.07, 6.45) is 2.33. The van der Waals surface area contributed by atoms with Gasteiger partial charge in [-0.05, 0) is 49.4 Å². The van der Waals surface area contributed by atoms with E-state index in [-0.39, 0.29) is 12.5 Å². The van der Waals surface area contributed by atoms with E-state index in [0.29, 0.717) is 13.1 Å². The first kappa shape index (κ1) is 18.0. The van der Waals surface area contributed by atoms with Crippen molar-refractivity contribution < 1.29 is 14.9 Å². The third kappa shape index (κ3) is 3.56. The normalized spacial score (nSPS) is 20.9. The standard InChI is InChI=1S/C21H25N3O3/c1-27-17-7-5-15(6-8-17)21-18(24-10-3-2-4-20(24)22-21)12-23-11-9-16(14-25)19(26)13-23/h2-8,10,16,19,25-26H,9,11-14H2,1H3/t16-,19-/m1/s1. The number of ether oxygens (including phenoxy) is 1. The van der Waals surface area contributed by atoms with Gasteiger partial charge < -0.3 is 19.4 Å². The highest BCUT2D eigenvalue weighted by Gasteiger charge is 2.28. The number of likely N-dealkylation sites (tertiary alicyclic amines) is 1. The molecule has 6 heteroatoms. The molecule has 0 saturated carbocycles. The molecule has 1 fully saturated rings. The number of β-amino-alcohol motifs (C(OH)–C–C–N with tert-alkyl or cyclic N) is 1. The number of aromatic nitrogens is 2. The number of hydrogen-bond donors (Lipinski definition) is 2. The van der Waals surface area contributed by atoms with Gasteiger partial charge in [-0.2, -0.15) is 0 Å². The third-order valence-corrected chi connectivity index (χ3v) is 5.41. The lowest BCUT2D eigenvalue weighted by Crippen LogP contribution is -2.44. The van der Waals surface area contributed by atoms with Crippen LogP contribution in [0.15, 0.2) is 48.7 Å². The first-order chi connectivity index (χ1) is 13.2. The van der Waals surface area contributed by atoms with Crippen molar-refractivity contribution >= 4 is 5.65 Å². The molecule has 2 aromatic heterocycles. The lowest BCUT2D eigenvalue weighted by molar-refractivity contribution is -0.00481. The van der Waals surface area contributed by atoms with Crippen LogP contribution in [0.1, 0.15) is 12.1 Å². The Labute approximate surface area is 158 Å².